The van der Waals surface area contributed by atoms with Crippen molar-refractivity contribution in [2.75, 3.05) is 25.9 Å². The van der Waals surface area contributed by atoms with Gasteiger partial charge in [-0.25, -0.2) is 0 Å². The number of hydrogen-bond donors (Lipinski definition) is 1. The summed E-state index contributed by atoms with van der Waals surface area (Å²) < 4.78 is 0. The predicted octanol–water partition coefficient (Wildman–Crippen LogP) is 4.15. The highest BCUT2D eigenvalue weighted by molar-refractivity contribution is 7.98. The summed E-state index contributed by atoms with van der Waals surface area (Å²) >= 11 is 1.87. The number of rotatable bonds is 6. The van der Waals surface area contributed by atoms with E-state index in [9.17, 15) is 0 Å². The van der Waals surface area contributed by atoms with Gasteiger partial charge in [-0.1, -0.05) is 37.5 Å². The molecule has 1 heterocycles. The minimum atomic E-state index is 0.711. The third-order valence-electron chi connectivity index (χ3n) is 5.28. The third-order valence-corrected chi connectivity index (χ3v) is 6.12. The largest absolute Gasteiger partial charge is 0.312 e. The van der Waals surface area contributed by atoms with E-state index in [-0.39, 0.29) is 0 Å². The van der Waals surface area contributed by atoms with Gasteiger partial charge in [-0.2, -0.15) is 0 Å². The standard InChI is InChI=1S/C19H30N2S/c1-22-19-10-6-5-9-17(19)14-21-12-11-18(15-21)20-13-16-7-3-2-4-8-16/h5-6,9-10,16,18,20H,2-4,7-8,11-15H2,1H3/t18-/m0/s1. The molecular weight excluding hydrogens is 288 g/mol. The molecule has 2 nitrogen and oxygen atoms in total. The van der Waals surface area contributed by atoms with Crippen LogP contribution in [0.5, 0.6) is 0 Å². The molecule has 122 valence electrons. The zero-order chi connectivity index (χ0) is 15.2. The molecule has 22 heavy (non-hydrogen) atoms. The summed E-state index contributed by atoms with van der Waals surface area (Å²) in [4.78, 5) is 4.05. The molecule has 0 amide bonds. The van der Waals surface area contributed by atoms with Crippen LogP contribution in [0.15, 0.2) is 29.2 Å². The summed E-state index contributed by atoms with van der Waals surface area (Å²) in [7, 11) is 0. The monoisotopic (exact) mass is 318 g/mol. The van der Waals surface area contributed by atoms with Crippen LogP contribution in [-0.2, 0) is 6.54 Å². The van der Waals surface area contributed by atoms with Crippen LogP contribution < -0.4 is 5.32 Å². The van der Waals surface area contributed by atoms with Crippen molar-refractivity contribution in [2.45, 2.75) is 56.0 Å². The Hall–Kier alpha value is -0.510. The molecule has 3 heteroatoms. The van der Waals surface area contributed by atoms with E-state index in [0.29, 0.717) is 6.04 Å². The number of likely N-dealkylation sites (tertiary alicyclic amines) is 1. The maximum Gasteiger partial charge on any atom is 0.0245 e. The first-order valence-corrected chi connectivity index (χ1v) is 10.2. The Balaban J connectivity index is 1.43. The summed E-state index contributed by atoms with van der Waals surface area (Å²) in [5, 5.41) is 3.85. The van der Waals surface area contributed by atoms with Crippen molar-refractivity contribution in [1.29, 1.82) is 0 Å². The lowest BCUT2D eigenvalue weighted by molar-refractivity contribution is 0.301. The molecule has 1 saturated carbocycles. The lowest BCUT2D eigenvalue weighted by atomic mass is 9.89. The Kier molecular flexibility index (Phi) is 6.22. The van der Waals surface area contributed by atoms with Crippen molar-refractivity contribution in [3.05, 3.63) is 29.8 Å². The first-order chi connectivity index (χ1) is 10.8. The molecule has 1 aliphatic carbocycles. The number of nitrogens with one attached hydrogen (secondary N) is 1. The van der Waals surface area contributed by atoms with Crippen LogP contribution in [0.2, 0.25) is 0 Å². The molecule has 3 rings (SSSR count). The molecule has 1 aliphatic heterocycles. The van der Waals surface area contributed by atoms with Gasteiger partial charge in [0.1, 0.15) is 0 Å². The van der Waals surface area contributed by atoms with Crippen molar-refractivity contribution >= 4 is 11.8 Å². The molecule has 0 aromatic heterocycles. The van der Waals surface area contributed by atoms with Crippen molar-refractivity contribution < 1.29 is 0 Å². The first-order valence-electron chi connectivity index (χ1n) is 8.93. The van der Waals surface area contributed by atoms with Crippen molar-refractivity contribution in [2.24, 2.45) is 5.92 Å². The summed E-state index contributed by atoms with van der Waals surface area (Å²) in [6.07, 6.45) is 10.8. The Bertz CT molecular complexity index is 457. The van der Waals surface area contributed by atoms with Crippen LogP contribution in [0, 0.1) is 5.92 Å². The average Bonchev–Trinajstić information content (AvgIpc) is 3.02. The Morgan fingerprint density at radius 2 is 1.95 bits per heavy atom. The van der Waals surface area contributed by atoms with Gasteiger partial charge in [0.25, 0.3) is 0 Å². The molecule has 0 bridgehead atoms. The first kappa shape index (κ1) is 16.4. The van der Waals surface area contributed by atoms with Crippen molar-refractivity contribution in [3.63, 3.8) is 0 Å². The Morgan fingerprint density at radius 1 is 1.14 bits per heavy atom. The van der Waals surface area contributed by atoms with E-state index in [1.54, 1.807) is 0 Å². The summed E-state index contributed by atoms with van der Waals surface area (Å²) in [6, 6.07) is 9.56. The van der Waals surface area contributed by atoms with E-state index >= 15 is 0 Å². The second kappa shape index (κ2) is 8.37. The smallest absolute Gasteiger partial charge is 0.0245 e. The molecule has 0 radical (unpaired) electrons. The van der Waals surface area contributed by atoms with Crippen molar-refractivity contribution in [3.8, 4) is 0 Å². The van der Waals surface area contributed by atoms with E-state index in [1.807, 2.05) is 11.8 Å². The number of hydrogen-bond acceptors (Lipinski definition) is 3. The Labute approximate surface area is 140 Å². The lowest BCUT2D eigenvalue weighted by Gasteiger charge is -2.24. The van der Waals surface area contributed by atoms with Gasteiger partial charge in [0.2, 0.25) is 0 Å². The van der Waals surface area contributed by atoms with Crippen LogP contribution in [0.1, 0.15) is 44.1 Å². The third kappa shape index (κ3) is 4.50. The maximum atomic E-state index is 3.85. The van der Waals surface area contributed by atoms with Gasteiger partial charge in [0.15, 0.2) is 0 Å². The normalized spacial score (nSPS) is 24.0. The molecule has 1 N–H and O–H groups in total. The SMILES string of the molecule is CSc1ccccc1CN1CC[C@H](NCC2CCCCC2)C1. The molecule has 1 aromatic rings. The van der Waals surface area contributed by atoms with E-state index in [0.717, 1.165) is 12.5 Å². The minimum absolute atomic E-state index is 0.711. The molecule has 0 spiro atoms. The second-order valence-electron chi connectivity index (χ2n) is 6.94. The average molecular weight is 319 g/mol. The predicted molar refractivity (Wildman–Crippen MR) is 96.5 cm³/mol. The van der Waals surface area contributed by atoms with Gasteiger partial charge in [-0.05, 0) is 49.6 Å². The fourth-order valence-corrected chi connectivity index (χ4v) is 4.55. The zero-order valence-electron chi connectivity index (χ0n) is 13.9. The fraction of sp³-hybridized carbons (Fsp3) is 0.684. The summed E-state index contributed by atoms with van der Waals surface area (Å²) in [5.41, 5.74) is 1.49. The van der Waals surface area contributed by atoms with Crippen LogP contribution >= 0.6 is 11.8 Å². The lowest BCUT2D eigenvalue weighted by Crippen LogP contribution is -2.36. The molecular formula is C19H30N2S. The van der Waals surface area contributed by atoms with E-state index < -0.39 is 0 Å². The summed E-state index contributed by atoms with van der Waals surface area (Å²) in [5.74, 6) is 0.944. The zero-order valence-corrected chi connectivity index (χ0v) is 14.7. The fourth-order valence-electron chi connectivity index (χ4n) is 3.94. The molecule has 1 aromatic carbocycles. The van der Waals surface area contributed by atoms with Crippen LogP contribution in [0.4, 0.5) is 0 Å². The molecule has 2 aliphatic rings. The molecule has 0 unspecified atom stereocenters. The topological polar surface area (TPSA) is 15.3 Å². The highest BCUT2D eigenvalue weighted by Gasteiger charge is 2.23. The van der Waals surface area contributed by atoms with Crippen LogP contribution in [-0.4, -0.2) is 36.8 Å². The molecule has 1 saturated heterocycles. The number of thioether (sulfide) groups is 1. The number of benzene rings is 1. The quantitative estimate of drug-likeness (QED) is 0.793. The van der Waals surface area contributed by atoms with E-state index in [4.69, 9.17) is 0 Å². The second-order valence-corrected chi connectivity index (χ2v) is 7.79. The van der Waals surface area contributed by atoms with Gasteiger partial charge in [-0.3, -0.25) is 4.90 Å². The van der Waals surface area contributed by atoms with Crippen LogP contribution in [0.25, 0.3) is 0 Å². The van der Waals surface area contributed by atoms with Gasteiger partial charge in [0, 0.05) is 30.6 Å². The molecule has 2 fully saturated rings. The van der Waals surface area contributed by atoms with Crippen LogP contribution in [0.3, 0.4) is 0 Å². The molecule has 1 atom stereocenters. The van der Waals surface area contributed by atoms with Gasteiger partial charge >= 0.3 is 0 Å². The van der Waals surface area contributed by atoms with Gasteiger partial charge < -0.3 is 5.32 Å². The summed E-state index contributed by atoms with van der Waals surface area (Å²) in [6.45, 7) is 4.82. The Morgan fingerprint density at radius 3 is 2.77 bits per heavy atom. The van der Waals surface area contributed by atoms with E-state index in [1.165, 1.54) is 68.6 Å². The van der Waals surface area contributed by atoms with Gasteiger partial charge in [-0.15, -0.1) is 11.8 Å². The van der Waals surface area contributed by atoms with Crippen molar-refractivity contribution in [1.82, 2.24) is 10.2 Å². The maximum absolute atomic E-state index is 3.85. The highest BCUT2D eigenvalue weighted by atomic mass is 32.2. The number of nitrogens with zero attached hydrogens (tertiary/aromatic N) is 1. The van der Waals surface area contributed by atoms with E-state index in [2.05, 4.69) is 40.7 Å². The van der Waals surface area contributed by atoms with Gasteiger partial charge in [0.05, 0.1) is 0 Å². The highest BCUT2D eigenvalue weighted by Crippen LogP contribution is 2.25. The minimum Gasteiger partial charge on any atom is -0.312 e.